The van der Waals surface area contributed by atoms with E-state index >= 15 is 0 Å². The Bertz CT molecular complexity index is 1830. The van der Waals surface area contributed by atoms with Crippen molar-refractivity contribution in [2.75, 3.05) is 35.7 Å². The minimum atomic E-state index is -5.01. The number of anilines is 2. The molecule has 2 aromatic rings. The zero-order valence-corrected chi connectivity index (χ0v) is 26.5. The second-order valence-corrected chi connectivity index (χ2v) is 14.1. The van der Waals surface area contributed by atoms with E-state index in [1.165, 1.54) is 37.0 Å². The van der Waals surface area contributed by atoms with Gasteiger partial charge >= 0.3 is 24.4 Å². The van der Waals surface area contributed by atoms with Crippen molar-refractivity contribution in [1.29, 1.82) is 5.26 Å². The molecule has 17 heteroatoms. The van der Waals surface area contributed by atoms with E-state index in [2.05, 4.69) is 0 Å². The molecule has 2 aliphatic heterocycles. The quantitative estimate of drug-likeness (QED) is 0.206. The van der Waals surface area contributed by atoms with Gasteiger partial charge in [-0.05, 0) is 64.1 Å². The molecule has 10 nitrogen and oxygen atoms in total. The van der Waals surface area contributed by atoms with E-state index in [9.17, 15) is 49.1 Å². The van der Waals surface area contributed by atoms with Gasteiger partial charge in [0, 0.05) is 25.0 Å². The van der Waals surface area contributed by atoms with E-state index in [0.717, 1.165) is 34.1 Å². The SMILES string of the molecule is CC1(C)CN(c2ccc(S(C)(=O)=O)c(C(F)(F)F)c2)C(=O)N1C/C=C\CN1C(=O)N(c2ccc(C#N)c(C(F)(F)F)c2)C(=O)C1(C)C. The minimum Gasteiger partial charge on any atom is -0.314 e. The van der Waals surface area contributed by atoms with E-state index in [0.29, 0.717) is 23.3 Å². The molecule has 0 spiro atoms. The lowest BCUT2D eigenvalue weighted by Crippen LogP contribution is -2.44. The second kappa shape index (κ2) is 11.6. The van der Waals surface area contributed by atoms with Crippen LogP contribution in [0, 0.1) is 11.3 Å². The first-order valence-corrected chi connectivity index (χ1v) is 15.7. The van der Waals surface area contributed by atoms with Crippen LogP contribution >= 0.6 is 0 Å². The van der Waals surface area contributed by atoms with Gasteiger partial charge in [-0.15, -0.1) is 0 Å². The number of carbonyl (C=O) groups is 3. The average Bonchev–Trinajstić information content (AvgIpc) is 3.27. The summed E-state index contributed by atoms with van der Waals surface area (Å²) in [5.74, 6) is -0.805. The average molecular weight is 686 g/mol. The summed E-state index contributed by atoms with van der Waals surface area (Å²) in [4.78, 5) is 43.1. The first kappa shape index (κ1) is 35.3. The lowest BCUT2D eigenvalue weighted by Gasteiger charge is -2.29. The molecule has 2 aliphatic rings. The molecule has 0 aliphatic carbocycles. The number of amides is 5. The number of nitrogens with zero attached hydrogens (tertiary/aromatic N) is 5. The van der Waals surface area contributed by atoms with E-state index in [4.69, 9.17) is 5.26 Å². The summed E-state index contributed by atoms with van der Waals surface area (Å²) in [6.07, 6.45) is -6.31. The summed E-state index contributed by atoms with van der Waals surface area (Å²) in [6.45, 7) is 5.86. The maximum absolute atomic E-state index is 13.7. The molecule has 2 fully saturated rings. The van der Waals surface area contributed by atoms with Crippen LogP contribution in [-0.4, -0.2) is 73.2 Å². The lowest BCUT2D eigenvalue weighted by molar-refractivity contribution is -0.140. The number of imide groups is 1. The highest BCUT2D eigenvalue weighted by atomic mass is 32.2. The first-order chi connectivity index (χ1) is 21.4. The third-order valence-corrected chi connectivity index (χ3v) is 9.13. The van der Waals surface area contributed by atoms with Crippen molar-refractivity contribution in [2.45, 2.75) is 56.0 Å². The van der Waals surface area contributed by atoms with Gasteiger partial charge < -0.3 is 9.80 Å². The van der Waals surface area contributed by atoms with Crippen molar-refractivity contribution < 1.29 is 49.1 Å². The minimum absolute atomic E-state index is 0.0409. The molecule has 0 N–H and O–H groups in total. The fourth-order valence-electron chi connectivity index (χ4n) is 5.44. The van der Waals surface area contributed by atoms with Crippen LogP contribution in [-0.2, 0) is 27.0 Å². The molecule has 0 bridgehead atoms. The topological polar surface area (TPSA) is 122 Å². The van der Waals surface area contributed by atoms with Crippen molar-refractivity contribution in [2.24, 2.45) is 0 Å². The highest BCUT2D eigenvalue weighted by Crippen LogP contribution is 2.40. The molecule has 0 radical (unpaired) electrons. The Balaban J connectivity index is 1.53. The number of urea groups is 2. The van der Waals surface area contributed by atoms with E-state index in [-0.39, 0.29) is 31.0 Å². The summed E-state index contributed by atoms with van der Waals surface area (Å²) < 4.78 is 106. The molecule has 0 unspecified atom stereocenters. The third-order valence-electron chi connectivity index (χ3n) is 7.97. The highest BCUT2D eigenvalue weighted by molar-refractivity contribution is 7.90. The Morgan fingerprint density at radius 1 is 0.830 bits per heavy atom. The van der Waals surface area contributed by atoms with Crippen molar-refractivity contribution in [3.8, 4) is 6.07 Å². The Morgan fingerprint density at radius 2 is 1.36 bits per heavy atom. The molecular formula is C30H29F6N5O5S. The molecule has 4 rings (SSSR count). The van der Waals surface area contributed by atoms with Crippen molar-refractivity contribution in [1.82, 2.24) is 9.80 Å². The Labute approximate surface area is 266 Å². The largest absolute Gasteiger partial charge is 0.417 e. The van der Waals surface area contributed by atoms with Crippen molar-refractivity contribution in [3.63, 3.8) is 0 Å². The summed E-state index contributed by atoms with van der Waals surface area (Å²) in [5, 5.41) is 9.06. The van der Waals surface area contributed by atoms with Crippen molar-refractivity contribution >= 4 is 39.2 Å². The molecule has 0 saturated carbocycles. The van der Waals surface area contributed by atoms with Gasteiger partial charge in [-0.25, -0.2) is 22.9 Å². The van der Waals surface area contributed by atoms with E-state index in [1.54, 1.807) is 13.8 Å². The van der Waals surface area contributed by atoms with Crippen LogP contribution in [0.4, 0.5) is 47.3 Å². The number of rotatable bonds is 7. The smallest absolute Gasteiger partial charge is 0.314 e. The summed E-state index contributed by atoms with van der Waals surface area (Å²) in [5.41, 5.74) is -6.30. The molecule has 47 heavy (non-hydrogen) atoms. The van der Waals surface area contributed by atoms with Gasteiger partial charge in [0.1, 0.15) is 5.54 Å². The monoisotopic (exact) mass is 685 g/mol. The predicted molar refractivity (Wildman–Crippen MR) is 157 cm³/mol. The van der Waals surface area contributed by atoms with Gasteiger partial charge in [-0.1, -0.05) is 12.2 Å². The summed E-state index contributed by atoms with van der Waals surface area (Å²) >= 11 is 0. The molecule has 2 aromatic carbocycles. The van der Waals surface area contributed by atoms with Gasteiger partial charge in [0.05, 0.1) is 45.4 Å². The molecular weight excluding hydrogens is 656 g/mol. The molecule has 0 aromatic heterocycles. The number of nitriles is 1. The lowest BCUT2D eigenvalue weighted by atomic mass is 10.0. The van der Waals surface area contributed by atoms with E-state index in [1.807, 2.05) is 0 Å². The predicted octanol–water partition coefficient (Wildman–Crippen LogP) is 5.82. The fourth-order valence-corrected chi connectivity index (χ4v) is 6.32. The number of benzene rings is 2. The van der Waals surface area contributed by atoms with Crippen molar-refractivity contribution in [3.05, 3.63) is 65.2 Å². The number of carbonyl (C=O) groups excluding carboxylic acids is 3. The number of sulfone groups is 1. The standard InChI is InChI=1S/C30H29F6N5O5S/c1-27(2)17-38(19-10-11-23(47(5,45)46)22(14-19)30(34,35)36)25(43)39(27)12-6-7-13-40-26(44)41(24(42)28(40,3)4)20-9-8-18(16-37)21(15-20)29(31,32)33/h6-11,14-15H,12-13,17H2,1-5H3/b7-6-. The third kappa shape index (κ3) is 6.51. The molecule has 0 atom stereocenters. The Morgan fingerprint density at radius 3 is 1.89 bits per heavy atom. The Hall–Kier alpha value is -4.59. The summed E-state index contributed by atoms with van der Waals surface area (Å²) in [6, 6.07) is 4.89. The number of hydrogen-bond donors (Lipinski definition) is 0. The maximum atomic E-state index is 13.7. The van der Waals surface area contributed by atoms with Gasteiger partial charge in [0.25, 0.3) is 5.91 Å². The molecule has 2 heterocycles. The Kier molecular flexibility index (Phi) is 8.69. The summed E-state index contributed by atoms with van der Waals surface area (Å²) in [7, 11) is -4.22. The normalized spacial score (nSPS) is 18.6. The van der Waals surface area contributed by atoms with Gasteiger partial charge in [-0.3, -0.25) is 9.69 Å². The van der Waals surface area contributed by atoms with Crippen LogP contribution in [0.2, 0.25) is 0 Å². The van der Waals surface area contributed by atoms with Crippen LogP contribution in [0.1, 0.15) is 44.4 Å². The zero-order valence-electron chi connectivity index (χ0n) is 25.7. The van der Waals surface area contributed by atoms with Crippen LogP contribution in [0.3, 0.4) is 0 Å². The van der Waals surface area contributed by atoms with Crippen LogP contribution in [0.25, 0.3) is 0 Å². The van der Waals surface area contributed by atoms with Gasteiger partial charge in [0.15, 0.2) is 9.84 Å². The number of alkyl halides is 6. The number of hydrogen-bond acceptors (Lipinski definition) is 6. The fraction of sp³-hybridized carbons (Fsp3) is 0.400. The van der Waals surface area contributed by atoms with E-state index < -0.39 is 72.8 Å². The molecule has 2 saturated heterocycles. The zero-order chi connectivity index (χ0) is 35.5. The van der Waals surface area contributed by atoms with Gasteiger partial charge in [0.2, 0.25) is 0 Å². The van der Waals surface area contributed by atoms with Crippen LogP contribution < -0.4 is 9.80 Å². The van der Waals surface area contributed by atoms with Gasteiger partial charge in [-0.2, -0.15) is 31.6 Å². The van der Waals surface area contributed by atoms with Crippen LogP contribution in [0.15, 0.2) is 53.4 Å². The highest BCUT2D eigenvalue weighted by Gasteiger charge is 2.52. The molecule has 5 amide bonds. The second-order valence-electron chi connectivity index (χ2n) is 12.1. The first-order valence-electron chi connectivity index (χ1n) is 13.9. The van der Waals surface area contributed by atoms with Crippen LogP contribution in [0.5, 0.6) is 0 Å². The molecule has 252 valence electrons. The number of halogens is 6. The maximum Gasteiger partial charge on any atom is 0.417 e.